The van der Waals surface area contributed by atoms with Crippen molar-refractivity contribution < 1.29 is 8.83 Å². The number of aromatic nitrogens is 1. The van der Waals surface area contributed by atoms with Crippen LogP contribution in [-0.2, 0) is 0 Å². The molecule has 0 saturated heterocycles. The Hall–Kier alpha value is -10.6. The van der Waals surface area contributed by atoms with Gasteiger partial charge in [-0.05, 0) is 142 Å². The summed E-state index contributed by atoms with van der Waals surface area (Å²) in [6, 6.07) is 103. The van der Waals surface area contributed by atoms with Crippen LogP contribution in [-0.4, -0.2) is 4.57 Å². The van der Waals surface area contributed by atoms with Gasteiger partial charge in [-0.2, -0.15) is 0 Å². The summed E-state index contributed by atoms with van der Waals surface area (Å²) in [5.74, 6) is 0. The molecule has 0 aliphatic rings. The lowest BCUT2D eigenvalue weighted by Gasteiger charge is -2.26. The molecule has 5 heteroatoms. The number of nitrogens with zero attached hydrogens (tertiary/aromatic N) is 3. The minimum Gasteiger partial charge on any atom is -0.456 e. The zero-order valence-electron chi connectivity index (χ0n) is 42.8. The number of benzene rings is 13. The normalized spacial score (nSPS) is 11.8. The van der Waals surface area contributed by atoms with Crippen molar-refractivity contribution in [2.24, 2.45) is 0 Å². The molecule has 0 fully saturated rings. The highest BCUT2D eigenvalue weighted by Gasteiger charge is 2.22. The van der Waals surface area contributed by atoms with Crippen LogP contribution in [0.3, 0.4) is 0 Å². The van der Waals surface area contributed by atoms with E-state index in [1.165, 1.54) is 38.2 Å². The smallest absolute Gasteiger partial charge is 0.137 e. The molecule has 0 aliphatic carbocycles. The van der Waals surface area contributed by atoms with E-state index >= 15 is 0 Å². The lowest BCUT2D eigenvalue weighted by Crippen LogP contribution is -2.10. The SMILES string of the molecule is c1ccc(-c2ccc(N(c3ccc4cc5c6ccc(N(c7ccc(-c8ccccc8)cc7)c7ccc8c(c7)oc7ccccc78)cc6n(-c6cccc7ccccc67)c5cc4c3)c3ccc4c(c3)oc3ccccc34)cc2)cc1. The van der Waals surface area contributed by atoms with E-state index in [9.17, 15) is 0 Å². The molecule has 0 unspecified atom stereocenters. The highest BCUT2D eigenvalue weighted by molar-refractivity contribution is 6.16. The minimum atomic E-state index is 0.847. The summed E-state index contributed by atoms with van der Waals surface area (Å²) in [5.41, 5.74) is 17.7. The molecule has 0 spiro atoms. The summed E-state index contributed by atoms with van der Waals surface area (Å²) in [7, 11) is 0. The van der Waals surface area contributed by atoms with Gasteiger partial charge in [0.2, 0.25) is 0 Å². The average molecular weight is 1010 g/mol. The van der Waals surface area contributed by atoms with Gasteiger partial charge in [-0.3, -0.25) is 0 Å². The molecular weight excluding hydrogens is 963 g/mol. The summed E-state index contributed by atoms with van der Waals surface area (Å²) in [4.78, 5) is 4.71. The van der Waals surface area contributed by atoms with Gasteiger partial charge in [0, 0.05) is 84.0 Å². The predicted octanol–water partition coefficient (Wildman–Crippen LogP) is 21.2. The second kappa shape index (κ2) is 18.0. The molecular formula is C74H47N3O2. The van der Waals surface area contributed by atoms with Crippen molar-refractivity contribution in [1.82, 2.24) is 4.57 Å². The Kier molecular flexibility index (Phi) is 10.2. The first kappa shape index (κ1) is 44.7. The molecule has 0 atom stereocenters. The van der Waals surface area contributed by atoms with Gasteiger partial charge in [0.15, 0.2) is 0 Å². The number of hydrogen-bond acceptors (Lipinski definition) is 4. The fourth-order valence-corrected chi connectivity index (χ4v) is 12.1. The fraction of sp³-hybridized carbons (Fsp3) is 0. The fourth-order valence-electron chi connectivity index (χ4n) is 12.1. The Morgan fingerprint density at radius 1 is 0.228 bits per heavy atom. The second-order valence-corrected chi connectivity index (χ2v) is 20.5. The van der Waals surface area contributed by atoms with E-state index in [0.717, 1.165) is 111 Å². The van der Waals surface area contributed by atoms with Crippen LogP contribution < -0.4 is 9.80 Å². The first-order valence-electron chi connectivity index (χ1n) is 26.9. The van der Waals surface area contributed by atoms with E-state index in [0.29, 0.717) is 0 Å². The lowest BCUT2D eigenvalue weighted by molar-refractivity contribution is 0.668. The van der Waals surface area contributed by atoms with Crippen LogP contribution in [0.1, 0.15) is 0 Å². The van der Waals surface area contributed by atoms with Crippen molar-refractivity contribution in [3.05, 3.63) is 285 Å². The van der Waals surface area contributed by atoms with Crippen molar-refractivity contribution in [1.29, 1.82) is 0 Å². The van der Waals surface area contributed by atoms with Gasteiger partial charge in [-0.1, -0.05) is 170 Å². The summed E-state index contributed by atoms with van der Waals surface area (Å²) in [5, 5.41) is 11.4. The van der Waals surface area contributed by atoms with Crippen molar-refractivity contribution in [2.75, 3.05) is 9.80 Å². The van der Waals surface area contributed by atoms with Crippen LogP contribution in [0.15, 0.2) is 294 Å². The molecule has 3 aromatic heterocycles. The molecule has 13 aromatic carbocycles. The Morgan fingerprint density at radius 3 is 1.25 bits per heavy atom. The molecule has 3 heterocycles. The second-order valence-electron chi connectivity index (χ2n) is 20.5. The number of rotatable bonds is 9. The number of para-hydroxylation sites is 2. The largest absolute Gasteiger partial charge is 0.456 e. The van der Waals surface area contributed by atoms with E-state index in [4.69, 9.17) is 8.83 Å². The first-order chi connectivity index (χ1) is 39.1. The van der Waals surface area contributed by atoms with Crippen LogP contribution in [0, 0.1) is 0 Å². The molecule has 0 saturated carbocycles. The Labute approximate surface area is 455 Å². The molecule has 0 aliphatic heterocycles. The van der Waals surface area contributed by atoms with Crippen molar-refractivity contribution in [3.8, 4) is 27.9 Å². The Morgan fingerprint density at radius 2 is 0.658 bits per heavy atom. The van der Waals surface area contributed by atoms with Gasteiger partial charge >= 0.3 is 0 Å². The molecule has 79 heavy (non-hydrogen) atoms. The number of anilines is 6. The highest BCUT2D eigenvalue weighted by Crippen LogP contribution is 2.45. The predicted molar refractivity (Wildman–Crippen MR) is 331 cm³/mol. The van der Waals surface area contributed by atoms with Gasteiger partial charge in [-0.15, -0.1) is 0 Å². The minimum absolute atomic E-state index is 0.847. The van der Waals surface area contributed by atoms with E-state index < -0.39 is 0 Å². The van der Waals surface area contributed by atoms with Gasteiger partial charge in [-0.25, -0.2) is 0 Å². The van der Waals surface area contributed by atoms with Gasteiger partial charge < -0.3 is 23.2 Å². The molecule has 16 aromatic rings. The van der Waals surface area contributed by atoms with Crippen LogP contribution in [0.2, 0.25) is 0 Å². The zero-order chi connectivity index (χ0) is 52.0. The lowest BCUT2D eigenvalue weighted by atomic mass is 10.0. The third-order valence-corrected chi connectivity index (χ3v) is 15.9. The first-order valence-corrected chi connectivity index (χ1v) is 26.9. The van der Waals surface area contributed by atoms with E-state index in [2.05, 4.69) is 275 Å². The van der Waals surface area contributed by atoms with E-state index in [1.807, 2.05) is 24.3 Å². The average Bonchev–Trinajstić information content (AvgIpc) is 4.36. The summed E-state index contributed by atoms with van der Waals surface area (Å²) < 4.78 is 15.5. The van der Waals surface area contributed by atoms with Crippen LogP contribution >= 0.6 is 0 Å². The van der Waals surface area contributed by atoms with Gasteiger partial charge in [0.1, 0.15) is 22.3 Å². The van der Waals surface area contributed by atoms with Gasteiger partial charge in [0.05, 0.1) is 16.7 Å². The van der Waals surface area contributed by atoms with Gasteiger partial charge in [0.25, 0.3) is 0 Å². The number of furan rings is 2. The summed E-state index contributed by atoms with van der Waals surface area (Å²) >= 11 is 0. The van der Waals surface area contributed by atoms with Crippen LogP contribution in [0.4, 0.5) is 34.1 Å². The summed E-state index contributed by atoms with van der Waals surface area (Å²) in [6.07, 6.45) is 0. The maximum Gasteiger partial charge on any atom is 0.137 e. The Bertz CT molecular complexity index is 5010. The zero-order valence-corrected chi connectivity index (χ0v) is 42.8. The maximum absolute atomic E-state index is 6.54. The van der Waals surface area contributed by atoms with Crippen LogP contribution in [0.25, 0.3) is 115 Å². The quantitative estimate of drug-likeness (QED) is 0.144. The molecule has 370 valence electrons. The third-order valence-electron chi connectivity index (χ3n) is 15.9. The molecule has 0 radical (unpaired) electrons. The standard InChI is InChI=1S/C74H47N3O2/c1-3-14-48(15-4-1)50-26-31-55(32-27-50)75(59-37-40-65-63-21-9-11-24-71(63)78-73(65)46-59)57-35-30-53-43-67-62-39-36-58(45-70(62)77(69(67)44-54(53)42-57)68-23-13-19-52-18-7-8-20-61(52)68)76(56-33-28-51(29-34-56)49-16-5-2-6-17-49)60-38-41-66-64-22-10-12-25-72(64)79-74(66)47-60/h1-47H. The monoisotopic (exact) mass is 1010 g/mol. The number of hydrogen-bond donors (Lipinski definition) is 0. The Balaban J connectivity index is 0.898. The summed E-state index contributed by atoms with van der Waals surface area (Å²) in [6.45, 7) is 0. The van der Waals surface area contributed by atoms with Crippen molar-refractivity contribution >= 4 is 121 Å². The maximum atomic E-state index is 6.54. The molecule has 0 amide bonds. The molecule has 5 nitrogen and oxygen atoms in total. The molecule has 16 rings (SSSR count). The molecule has 0 N–H and O–H groups in total. The molecule has 0 bridgehead atoms. The number of fused-ring (bicyclic) bond motifs is 11. The highest BCUT2D eigenvalue weighted by atomic mass is 16.3. The third kappa shape index (κ3) is 7.47. The van der Waals surface area contributed by atoms with Crippen LogP contribution in [0.5, 0.6) is 0 Å². The topological polar surface area (TPSA) is 37.7 Å². The van der Waals surface area contributed by atoms with E-state index in [-0.39, 0.29) is 0 Å². The van der Waals surface area contributed by atoms with E-state index in [1.54, 1.807) is 0 Å². The van der Waals surface area contributed by atoms with Crippen molar-refractivity contribution in [2.45, 2.75) is 0 Å². The van der Waals surface area contributed by atoms with Crippen molar-refractivity contribution in [3.63, 3.8) is 0 Å².